The Morgan fingerprint density at radius 1 is 0.615 bits per heavy atom. The highest BCUT2D eigenvalue weighted by molar-refractivity contribution is 5.89. The monoisotopic (exact) mass is 726 g/mol. The molecule has 2 aromatic rings. The Morgan fingerprint density at radius 3 is 1.58 bits per heavy atom. The van der Waals surface area contributed by atoms with Crippen LogP contribution in [0.3, 0.4) is 0 Å². The molecule has 278 valence electrons. The van der Waals surface area contributed by atoms with E-state index in [1.54, 1.807) is 39.7 Å². The molecule has 0 aromatic carbocycles. The van der Waals surface area contributed by atoms with E-state index >= 15 is 0 Å². The molecule has 0 amide bonds. The summed E-state index contributed by atoms with van der Waals surface area (Å²) in [6.07, 6.45) is 2.25. The first-order valence-electron chi connectivity index (χ1n) is 16.5. The topological polar surface area (TPSA) is 184 Å². The minimum atomic E-state index is -0.795. The van der Waals surface area contributed by atoms with Gasteiger partial charge in [-0.25, -0.2) is 9.59 Å². The van der Waals surface area contributed by atoms with E-state index in [0.717, 1.165) is 0 Å². The molecular weight excluding hydrogens is 684 g/mol. The lowest BCUT2D eigenvalue weighted by Crippen LogP contribution is -2.46. The van der Waals surface area contributed by atoms with Crippen LogP contribution in [-0.2, 0) is 57.1 Å². The van der Waals surface area contributed by atoms with E-state index in [0.29, 0.717) is 0 Å². The van der Waals surface area contributed by atoms with Crippen molar-refractivity contribution in [2.24, 2.45) is 11.8 Å². The average molecular weight is 727 g/mol. The van der Waals surface area contributed by atoms with Crippen molar-refractivity contribution in [3.63, 3.8) is 0 Å². The Labute approximate surface area is 300 Å². The average Bonchev–Trinajstić information content (AvgIpc) is 3.58. The second-order valence-corrected chi connectivity index (χ2v) is 12.2. The van der Waals surface area contributed by atoms with E-state index in [2.05, 4.69) is 11.8 Å². The van der Waals surface area contributed by atoms with Gasteiger partial charge in [0.05, 0.1) is 5.92 Å². The molecule has 0 spiro atoms. The third-order valence-electron chi connectivity index (χ3n) is 8.23. The fraction of sp³-hybridized carbons (Fsp3) is 0.500. The molecule has 2 aliphatic rings. The highest BCUT2D eigenvalue weighted by atomic mass is 16.6. The quantitative estimate of drug-likeness (QED) is 0.132. The van der Waals surface area contributed by atoms with Crippen LogP contribution >= 0.6 is 0 Å². The molecule has 0 saturated carbocycles. The zero-order chi connectivity index (χ0) is 37.9. The van der Waals surface area contributed by atoms with Crippen LogP contribution in [0.4, 0.5) is 0 Å². The summed E-state index contributed by atoms with van der Waals surface area (Å²) in [5, 5.41) is 0. The number of hydrogen-bond acceptors (Lipinski definition) is 14. The van der Waals surface area contributed by atoms with Gasteiger partial charge in [-0.15, -0.1) is 0 Å². The van der Waals surface area contributed by atoms with Crippen LogP contribution in [0.25, 0.3) is 0 Å². The Morgan fingerprint density at radius 2 is 1.08 bits per heavy atom. The third-order valence-corrected chi connectivity index (χ3v) is 8.23. The van der Waals surface area contributed by atoms with Crippen LogP contribution in [0, 0.1) is 23.7 Å². The van der Waals surface area contributed by atoms with Crippen molar-refractivity contribution in [2.45, 2.75) is 78.4 Å². The Balaban J connectivity index is 1.30. The number of ether oxygens (including phenoxy) is 8. The van der Waals surface area contributed by atoms with Crippen LogP contribution in [0.15, 0.2) is 49.1 Å². The first-order chi connectivity index (χ1) is 24.7. The minimum absolute atomic E-state index is 0.0267. The molecule has 0 radical (unpaired) electrons. The predicted molar refractivity (Wildman–Crippen MR) is 172 cm³/mol. The Kier molecular flexibility index (Phi) is 13.8. The maximum atomic E-state index is 12.8. The van der Waals surface area contributed by atoms with Crippen LogP contribution in [-0.4, -0.2) is 86.7 Å². The molecule has 2 aliphatic heterocycles. The molecule has 2 saturated heterocycles. The number of esters is 6. The van der Waals surface area contributed by atoms with E-state index in [4.69, 9.17) is 37.9 Å². The SMILES string of the molecule is CC(=O)OC[C@H]1O[C@@H]([n+]2cccc(C(=O)OCC#CCOC(=O)c3ccc[n+]([C@@H]4O[C@H](COC(C)=O)[C@@H](OC(C)=O)[C@H]4C)c3)c2)[C@H](OC(C)=O)[C@@H]1C. The first kappa shape index (κ1) is 39.4. The molecule has 0 unspecified atom stereocenters. The predicted octanol–water partition coefficient (Wildman–Crippen LogP) is 1.34. The van der Waals surface area contributed by atoms with Gasteiger partial charge in [0.25, 0.3) is 6.23 Å². The molecule has 16 nitrogen and oxygen atoms in total. The van der Waals surface area contributed by atoms with E-state index in [9.17, 15) is 28.8 Å². The zero-order valence-electron chi connectivity index (χ0n) is 29.7. The Bertz CT molecular complexity index is 1720. The molecule has 16 heteroatoms. The van der Waals surface area contributed by atoms with E-state index in [1.165, 1.54) is 46.2 Å². The number of carbonyl (C=O) groups is 6. The van der Waals surface area contributed by atoms with E-state index < -0.39 is 72.7 Å². The van der Waals surface area contributed by atoms with Crippen molar-refractivity contribution in [3.8, 4) is 11.8 Å². The van der Waals surface area contributed by atoms with Crippen LogP contribution in [0.5, 0.6) is 0 Å². The van der Waals surface area contributed by atoms with Gasteiger partial charge in [-0.05, 0) is 19.1 Å². The zero-order valence-corrected chi connectivity index (χ0v) is 29.7. The maximum absolute atomic E-state index is 12.8. The molecular formula is C36H42N2O14+2. The highest BCUT2D eigenvalue weighted by Gasteiger charge is 2.51. The van der Waals surface area contributed by atoms with Crippen LogP contribution in [0.2, 0.25) is 0 Å². The summed E-state index contributed by atoms with van der Waals surface area (Å²) < 4.78 is 47.0. The van der Waals surface area contributed by atoms with Crippen LogP contribution in [0.1, 0.15) is 74.7 Å². The standard InChI is InChI=1S/C36H42N2O14/c1-21-29(19-47-23(3)39)51-34(32(21)50-26(6)42)38-14-10-12-28(18-38)36(44)46-16-8-7-15-45-35(43)27-11-9-13-37(17-27)33-22(2)31(49-25(5)41)30(52-33)20-48-24(4)40/h9-14,17-18,21-22,29-34H,15-16,19-20H2,1-6H3/q+2/t21-,22-,29-,30-,31+,32-,33-,34-/m1/s1. The van der Waals surface area contributed by atoms with Gasteiger partial charge in [-0.2, -0.15) is 9.13 Å². The van der Waals surface area contributed by atoms with Gasteiger partial charge in [0, 0.05) is 45.7 Å². The molecule has 0 aliphatic carbocycles. The fourth-order valence-corrected chi connectivity index (χ4v) is 5.79. The van der Waals surface area contributed by atoms with Crippen molar-refractivity contribution in [1.82, 2.24) is 0 Å². The second kappa shape index (κ2) is 18.2. The van der Waals surface area contributed by atoms with Gasteiger partial charge < -0.3 is 37.9 Å². The highest BCUT2D eigenvalue weighted by Crippen LogP contribution is 2.34. The van der Waals surface area contributed by atoms with Crippen molar-refractivity contribution in [3.05, 3.63) is 60.2 Å². The van der Waals surface area contributed by atoms with E-state index in [1.807, 2.05) is 13.8 Å². The molecule has 8 atom stereocenters. The number of pyridine rings is 2. The largest absolute Gasteiger partial charge is 0.463 e. The van der Waals surface area contributed by atoms with Crippen molar-refractivity contribution in [2.75, 3.05) is 26.4 Å². The molecule has 2 fully saturated rings. The molecule has 0 bridgehead atoms. The summed E-state index contributed by atoms with van der Waals surface area (Å²) in [6, 6.07) is 6.31. The molecule has 52 heavy (non-hydrogen) atoms. The van der Waals surface area contributed by atoms with Crippen molar-refractivity contribution >= 4 is 35.8 Å². The molecule has 2 aromatic heterocycles. The van der Waals surface area contributed by atoms with Gasteiger partial charge in [0.15, 0.2) is 44.1 Å². The minimum Gasteiger partial charge on any atom is -0.463 e. The lowest BCUT2D eigenvalue weighted by Gasteiger charge is -2.19. The lowest BCUT2D eigenvalue weighted by atomic mass is 10.0. The third kappa shape index (κ3) is 10.6. The number of hydrogen-bond donors (Lipinski definition) is 0. The van der Waals surface area contributed by atoms with Crippen molar-refractivity contribution in [1.29, 1.82) is 0 Å². The normalized spacial score (nSPS) is 24.8. The smallest absolute Gasteiger partial charge is 0.345 e. The van der Waals surface area contributed by atoms with Gasteiger partial charge >= 0.3 is 42.0 Å². The summed E-state index contributed by atoms with van der Waals surface area (Å²) in [5.74, 6) is 1.26. The number of rotatable bonds is 12. The first-order valence-corrected chi connectivity index (χ1v) is 16.5. The van der Waals surface area contributed by atoms with E-state index in [-0.39, 0.29) is 49.4 Å². The second-order valence-electron chi connectivity index (χ2n) is 12.2. The summed E-state index contributed by atoms with van der Waals surface area (Å²) in [5.41, 5.74) is 0.373. The van der Waals surface area contributed by atoms with Gasteiger partial charge in [0.2, 0.25) is 0 Å². The van der Waals surface area contributed by atoms with Gasteiger partial charge in [-0.3, -0.25) is 19.2 Å². The summed E-state index contributed by atoms with van der Waals surface area (Å²) in [6.45, 7) is 8.03. The fourth-order valence-electron chi connectivity index (χ4n) is 5.79. The summed E-state index contributed by atoms with van der Waals surface area (Å²) in [7, 11) is 0. The van der Waals surface area contributed by atoms with Crippen molar-refractivity contribution < 1.29 is 75.8 Å². The maximum Gasteiger partial charge on any atom is 0.345 e. The molecule has 4 rings (SSSR count). The van der Waals surface area contributed by atoms with Gasteiger partial charge in [0.1, 0.15) is 42.7 Å². The number of carbonyl (C=O) groups excluding carboxylic acids is 6. The Hall–Kier alpha value is -5.40. The number of nitrogens with zero attached hydrogens (tertiary/aromatic N) is 2. The number of aromatic nitrogens is 2. The molecule has 4 heterocycles. The van der Waals surface area contributed by atoms with Crippen LogP contribution < -0.4 is 9.13 Å². The summed E-state index contributed by atoms with van der Waals surface area (Å²) >= 11 is 0. The summed E-state index contributed by atoms with van der Waals surface area (Å²) in [4.78, 5) is 71.8. The lowest BCUT2D eigenvalue weighted by molar-refractivity contribution is -0.765. The van der Waals surface area contributed by atoms with Gasteiger partial charge in [-0.1, -0.05) is 18.8 Å². The molecule has 0 N–H and O–H groups in total.